The minimum absolute atomic E-state index is 0.0262. The molecule has 11 nitrogen and oxygen atoms in total. The molecule has 4 heterocycles. The van der Waals surface area contributed by atoms with Gasteiger partial charge >= 0.3 is 0 Å². The Hall–Kier alpha value is -6.18. The second kappa shape index (κ2) is 11.8. The molecule has 0 aliphatic rings. The maximum atomic E-state index is 14.0. The van der Waals surface area contributed by atoms with Crippen molar-refractivity contribution in [3.8, 4) is 28.5 Å². The van der Waals surface area contributed by atoms with Crippen molar-refractivity contribution in [2.24, 2.45) is 0 Å². The number of pyridine rings is 2. The summed E-state index contributed by atoms with van der Waals surface area (Å²) in [4.78, 5) is 8.94. The molecule has 0 amide bonds. The van der Waals surface area contributed by atoms with Crippen LogP contribution in [0.3, 0.4) is 0 Å². The van der Waals surface area contributed by atoms with Crippen LogP contribution in [0.2, 0.25) is 0 Å². The second-order valence-electron chi connectivity index (χ2n) is 11.0. The molecule has 0 unspecified atom stereocenters. The van der Waals surface area contributed by atoms with Gasteiger partial charge in [0.25, 0.3) is 5.95 Å². The van der Waals surface area contributed by atoms with Crippen molar-refractivity contribution < 1.29 is 16.8 Å². The van der Waals surface area contributed by atoms with Crippen molar-refractivity contribution >= 4 is 41.5 Å². The van der Waals surface area contributed by atoms with Crippen molar-refractivity contribution in [1.29, 1.82) is 0 Å². The third-order valence-electron chi connectivity index (χ3n) is 8.14. The molecule has 0 N–H and O–H groups in total. The fourth-order valence-electron chi connectivity index (χ4n) is 5.80. The number of nitrogens with zero attached hydrogens (tertiary/aromatic N) is 7. The zero-order chi connectivity index (χ0) is 33.6. The van der Waals surface area contributed by atoms with Crippen LogP contribution in [-0.4, -0.2) is 51.8 Å². The normalized spacial score (nSPS) is 12.0. The van der Waals surface area contributed by atoms with E-state index in [1.807, 2.05) is 24.3 Å². The Morgan fingerprint density at radius 3 is 1.39 bits per heavy atom. The summed E-state index contributed by atoms with van der Waals surface area (Å²) < 4.78 is 57.7. The van der Waals surface area contributed by atoms with Gasteiger partial charge in [0.05, 0.1) is 42.0 Å². The largest absolute Gasteiger partial charge is 0.275 e. The molecule has 8 rings (SSSR count). The number of benzene rings is 4. The lowest BCUT2D eigenvalue weighted by molar-refractivity contribution is 0.594. The molecule has 8 aromatic rings. The molecule has 0 fully saturated rings. The molecule has 13 heteroatoms. The fraction of sp³-hybridized carbons (Fsp3) is 0. The Balaban J connectivity index is 1.28. The van der Waals surface area contributed by atoms with E-state index in [1.165, 1.54) is 42.7 Å². The summed E-state index contributed by atoms with van der Waals surface area (Å²) in [6.07, 6.45) is 4.47. The molecule has 0 radical (unpaired) electrons. The van der Waals surface area contributed by atoms with Gasteiger partial charge in [-0.25, -0.2) is 16.8 Å². The van der Waals surface area contributed by atoms with Gasteiger partial charge in [-0.05, 0) is 72.8 Å². The predicted molar refractivity (Wildman–Crippen MR) is 182 cm³/mol. The molecule has 0 atom stereocenters. The molecule has 0 aliphatic carbocycles. The summed E-state index contributed by atoms with van der Waals surface area (Å²) in [5.74, 6) is 0.0425. The third-order valence-corrected chi connectivity index (χ3v) is 11.6. The first-order chi connectivity index (χ1) is 23.8. The fourth-order valence-corrected chi connectivity index (χ4v) is 8.45. The highest BCUT2D eigenvalue weighted by Crippen LogP contribution is 2.36. The standard InChI is InChI=1S/C36H23N7O4S2/c44-48(45,26-9-5-7-24(19-26)32-11-1-3-17-37-32)28-13-15-30-31-16-14-29(22-35(31)43(34(30)21-28)36-41-39-23-40-42-36)49(46,47)27-10-6-8-25(20-27)33-12-2-4-18-38-33/h1-23H. The van der Waals surface area contributed by atoms with Crippen LogP contribution in [0.25, 0.3) is 50.3 Å². The highest BCUT2D eigenvalue weighted by molar-refractivity contribution is 7.91. The van der Waals surface area contributed by atoms with Crippen LogP contribution in [0.15, 0.2) is 160 Å². The Morgan fingerprint density at radius 2 is 0.939 bits per heavy atom. The van der Waals surface area contributed by atoms with Gasteiger partial charge in [0.15, 0.2) is 6.33 Å². The van der Waals surface area contributed by atoms with Gasteiger partial charge in [-0.15, -0.1) is 20.4 Å². The van der Waals surface area contributed by atoms with E-state index >= 15 is 0 Å². The highest BCUT2D eigenvalue weighted by atomic mass is 32.2. The minimum Gasteiger partial charge on any atom is -0.275 e. The van der Waals surface area contributed by atoms with Gasteiger partial charge in [0.1, 0.15) is 0 Å². The van der Waals surface area contributed by atoms with Crippen LogP contribution in [0, 0.1) is 0 Å². The SMILES string of the molecule is O=S(=O)(c1cccc(-c2ccccn2)c1)c1ccc2c3ccc(S(=O)(=O)c4cccc(-c5ccccn5)c4)cc3n(-c3nncnn3)c2c1. The molecule has 0 spiro atoms. The predicted octanol–water partition coefficient (Wildman–Crippen LogP) is 6.15. The molecule has 0 bridgehead atoms. The smallest absolute Gasteiger partial charge is 0.273 e. The number of hydrogen-bond acceptors (Lipinski definition) is 10. The van der Waals surface area contributed by atoms with E-state index in [9.17, 15) is 16.8 Å². The van der Waals surface area contributed by atoms with E-state index in [4.69, 9.17) is 0 Å². The van der Waals surface area contributed by atoms with Crippen LogP contribution in [-0.2, 0) is 19.7 Å². The summed E-state index contributed by atoms with van der Waals surface area (Å²) in [6.45, 7) is 0. The van der Waals surface area contributed by atoms with E-state index in [0.717, 1.165) is 0 Å². The van der Waals surface area contributed by atoms with Crippen molar-refractivity contribution in [3.63, 3.8) is 0 Å². The van der Waals surface area contributed by atoms with E-state index < -0.39 is 19.7 Å². The molecule has 238 valence electrons. The summed E-state index contributed by atoms with van der Waals surface area (Å²) in [5.41, 5.74) is 3.46. The van der Waals surface area contributed by atoms with E-state index in [-0.39, 0.29) is 25.5 Å². The summed E-state index contributed by atoms with van der Waals surface area (Å²) in [5, 5.41) is 17.3. The van der Waals surface area contributed by atoms with Gasteiger partial charge in [-0.3, -0.25) is 14.5 Å². The topological polar surface area (TPSA) is 151 Å². The zero-order valence-corrected chi connectivity index (χ0v) is 27.0. The number of rotatable bonds is 7. The van der Waals surface area contributed by atoms with Crippen molar-refractivity contribution in [2.45, 2.75) is 19.6 Å². The van der Waals surface area contributed by atoms with Crippen LogP contribution in [0.5, 0.6) is 0 Å². The summed E-state index contributed by atoms with van der Waals surface area (Å²) in [6, 6.07) is 33.6. The zero-order valence-electron chi connectivity index (χ0n) is 25.4. The Kier molecular flexibility index (Phi) is 7.27. The molecule has 4 aromatic carbocycles. The second-order valence-corrected chi connectivity index (χ2v) is 14.9. The number of sulfone groups is 2. The van der Waals surface area contributed by atoms with E-state index in [1.54, 1.807) is 77.6 Å². The van der Waals surface area contributed by atoms with Crippen LogP contribution in [0.4, 0.5) is 0 Å². The molecule has 4 aromatic heterocycles. The average Bonchev–Trinajstić information content (AvgIpc) is 3.49. The average molecular weight is 682 g/mol. The summed E-state index contributed by atoms with van der Waals surface area (Å²) >= 11 is 0. The van der Waals surface area contributed by atoms with E-state index in [2.05, 4.69) is 30.4 Å². The molecule has 0 saturated carbocycles. The van der Waals surface area contributed by atoms with Crippen LogP contribution < -0.4 is 0 Å². The van der Waals surface area contributed by atoms with Gasteiger partial charge in [-0.1, -0.05) is 48.5 Å². The Bertz CT molecular complexity index is 2570. The number of hydrogen-bond donors (Lipinski definition) is 0. The van der Waals surface area contributed by atoms with Gasteiger partial charge in [0, 0.05) is 34.3 Å². The van der Waals surface area contributed by atoms with Gasteiger partial charge < -0.3 is 0 Å². The van der Waals surface area contributed by atoms with Gasteiger partial charge in [0.2, 0.25) is 19.7 Å². The monoisotopic (exact) mass is 681 g/mol. The Labute approximate surface area is 280 Å². The lowest BCUT2D eigenvalue weighted by Gasteiger charge is -2.09. The quantitative estimate of drug-likeness (QED) is 0.192. The lowest BCUT2D eigenvalue weighted by atomic mass is 10.1. The van der Waals surface area contributed by atoms with E-state index in [0.29, 0.717) is 44.3 Å². The first kappa shape index (κ1) is 30.2. The highest BCUT2D eigenvalue weighted by Gasteiger charge is 2.25. The maximum absolute atomic E-state index is 14.0. The molecular weight excluding hydrogens is 659 g/mol. The van der Waals surface area contributed by atoms with Crippen molar-refractivity contribution in [3.05, 3.63) is 140 Å². The van der Waals surface area contributed by atoms with Crippen LogP contribution in [0.1, 0.15) is 0 Å². The molecule has 0 saturated heterocycles. The maximum Gasteiger partial charge on any atom is 0.273 e. The third kappa shape index (κ3) is 5.30. The van der Waals surface area contributed by atoms with Gasteiger partial charge in [-0.2, -0.15) is 0 Å². The Morgan fingerprint density at radius 1 is 0.469 bits per heavy atom. The van der Waals surface area contributed by atoms with Crippen molar-refractivity contribution in [2.75, 3.05) is 0 Å². The van der Waals surface area contributed by atoms with Crippen molar-refractivity contribution in [1.82, 2.24) is 34.9 Å². The molecular formula is C36H23N7O4S2. The first-order valence-electron chi connectivity index (χ1n) is 14.9. The first-order valence-corrected chi connectivity index (χ1v) is 17.9. The molecule has 0 aliphatic heterocycles. The summed E-state index contributed by atoms with van der Waals surface area (Å²) in [7, 11) is -8.01. The van der Waals surface area contributed by atoms with Crippen LogP contribution >= 0.6 is 0 Å². The minimum atomic E-state index is -4.01. The molecule has 49 heavy (non-hydrogen) atoms. The lowest BCUT2D eigenvalue weighted by Crippen LogP contribution is -2.06. The number of aromatic nitrogens is 7. The number of fused-ring (bicyclic) bond motifs is 3.